The van der Waals surface area contributed by atoms with Crippen molar-refractivity contribution in [2.75, 3.05) is 18.1 Å². The van der Waals surface area contributed by atoms with Crippen molar-refractivity contribution in [3.05, 3.63) is 114 Å². The number of anilines is 3. The molecule has 4 aromatic rings. The van der Waals surface area contributed by atoms with Crippen molar-refractivity contribution in [3.63, 3.8) is 0 Å². The molecule has 0 aromatic heterocycles. The molecule has 0 bridgehead atoms. The summed E-state index contributed by atoms with van der Waals surface area (Å²) in [6, 6.07) is 33.2. The van der Waals surface area contributed by atoms with Crippen molar-refractivity contribution in [3.8, 4) is 35.7 Å². The highest BCUT2D eigenvalue weighted by Crippen LogP contribution is 2.34. The molecule has 3 nitrogen and oxygen atoms in total. The zero-order valence-electron chi connectivity index (χ0n) is 32.0. The predicted molar refractivity (Wildman–Crippen MR) is 217 cm³/mol. The molecule has 0 amide bonds. The smallest absolute Gasteiger partial charge is 0.136 e. The summed E-state index contributed by atoms with van der Waals surface area (Å²) < 4.78 is 12.8. The van der Waals surface area contributed by atoms with Gasteiger partial charge in [0, 0.05) is 34.8 Å². The van der Waals surface area contributed by atoms with Gasteiger partial charge in [0.2, 0.25) is 0 Å². The molecule has 0 fully saturated rings. The summed E-state index contributed by atoms with van der Waals surface area (Å²) in [6.45, 7) is 15.0. The van der Waals surface area contributed by atoms with Gasteiger partial charge in [0.15, 0.2) is 0 Å². The van der Waals surface area contributed by atoms with Gasteiger partial charge in [-0.3, -0.25) is 0 Å². The van der Waals surface area contributed by atoms with E-state index in [1.807, 2.05) is 24.3 Å². The molecular formula is C48H59NO2. The maximum atomic E-state index is 6.42. The van der Waals surface area contributed by atoms with E-state index in [4.69, 9.17) is 15.9 Å². The quantitative estimate of drug-likeness (QED) is 0.0920. The molecule has 0 radical (unpaired) electrons. The molecule has 4 aromatic carbocycles. The van der Waals surface area contributed by atoms with Crippen LogP contribution in [0.25, 0.3) is 0 Å². The van der Waals surface area contributed by atoms with Gasteiger partial charge in [0.1, 0.15) is 11.5 Å². The number of nitrogens with zero attached hydrogens (tertiary/aromatic N) is 1. The van der Waals surface area contributed by atoms with E-state index in [1.165, 1.54) is 38.5 Å². The Balaban J connectivity index is 1.54. The number of terminal acetylenes is 1. The van der Waals surface area contributed by atoms with E-state index in [0.717, 1.165) is 58.6 Å². The number of rotatable bonds is 19. The third-order valence-corrected chi connectivity index (χ3v) is 9.43. The molecule has 2 unspecified atom stereocenters. The van der Waals surface area contributed by atoms with E-state index in [0.29, 0.717) is 36.4 Å². The first-order valence-electron chi connectivity index (χ1n) is 19.2. The van der Waals surface area contributed by atoms with Gasteiger partial charge in [-0.05, 0) is 85.0 Å². The van der Waals surface area contributed by atoms with E-state index in [-0.39, 0.29) is 0 Å². The van der Waals surface area contributed by atoms with Gasteiger partial charge in [-0.1, -0.05) is 134 Å². The number of ether oxygens (including phenoxy) is 2. The predicted octanol–water partition coefficient (Wildman–Crippen LogP) is 13.0. The number of benzene rings is 4. The topological polar surface area (TPSA) is 21.7 Å². The molecule has 268 valence electrons. The Hall–Kier alpha value is -4.60. The van der Waals surface area contributed by atoms with Crippen LogP contribution in [0.1, 0.15) is 110 Å². The Bertz CT molecular complexity index is 1650. The van der Waals surface area contributed by atoms with Gasteiger partial charge in [0.05, 0.1) is 24.3 Å². The molecular weight excluding hydrogens is 623 g/mol. The first-order valence-corrected chi connectivity index (χ1v) is 19.2. The molecule has 2 atom stereocenters. The Labute approximate surface area is 309 Å². The van der Waals surface area contributed by atoms with Crippen molar-refractivity contribution >= 4 is 17.1 Å². The zero-order chi connectivity index (χ0) is 36.4. The van der Waals surface area contributed by atoms with Gasteiger partial charge < -0.3 is 14.4 Å². The summed E-state index contributed by atoms with van der Waals surface area (Å²) >= 11 is 0. The number of hydrogen-bond acceptors (Lipinski definition) is 3. The third-order valence-electron chi connectivity index (χ3n) is 9.43. The molecule has 51 heavy (non-hydrogen) atoms. The standard InChI is InChI=1S/C48H59NO2/c1-8-42-35-48(51-34-32-40(7)20-16-18-38(4)5)43(36-47(42)50-33-31-39(6)19-15-17-37(2)3)28-25-41-26-29-46(30-27-41)49(44-21-11-9-12-22-44)45-23-13-10-14-24-45/h1,9-14,21-24,26-27,29-30,35-40H,15-20,31-34H2,2-7H3. The van der Waals surface area contributed by atoms with Crippen LogP contribution in [0.5, 0.6) is 11.5 Å². The average molecular weight is 682 g/mol. The lowest BCUT2D eigenvalue weighted by Crippen LogP contribution is -2.09. The first kappa shape index (κ1) is 39.2. The van der Waals surface area contributed by atoms with Crippen LogP contribution in [0.2, 0.25) is 0 Å². The zero-order valence-corrected chi connectivity index (χ0v) is 32.0. The summed E-state index contributed by atoms with van der Waals surface area (Å²) in [7, 11) is 0. The van der Waals surface area contributed by atoms with Gasteiger partial charge in [-0.25, -0.2) is 0 Å². The minimum Gasteiger partial charge on any atom is -0.492 e. The summed E-state index contributed by atoms with van der Waals surface area (Å²) in [4.78, 5) is 2.25. The Morgan fingerprint density at radius 3 is 1.45 bits per heavy atom. The maximum Gasteiger partial charge on any atom is 0.136 e. The van der Waals surface area contributed by atoms with Gasteiger partial charge in [-0.2, -0.15) is 0 Å². The second-order valence-electron chi connectivity index (χ2n) is 14.9. The second-order valence-corrected chi connectivity index (χ2v) is 14.9. The summed E-state index contributed by atoms with van der Waals surface area (Å²) in [5.41, 5.74) is 5.69. The summed E-state index contributed by atoms with van der Waals surface area (Å²) in [5.74, 6) is 13.8. The molecule has 0 saturated carbocycles. The van der Waals surface area contributed by atoms with E-state index in [9.17, 15) is 0 Å². The van der Waals surface area contributed by atoms with Crippen molar-refractivity contribution < 1.29 is 9.47 Å². The molecule has 3 heteroatoms. The van der Waals surface area contributed by atoms with Crippen LogP contribution in [0.4, 0.5) is 17.1 Å². The summed E-state index contributed by atoms with van der Waals surface area (Å²) in [5, 5.41) is 0. The fourth-order valence-corrected chi connectivity index (χ4v) is 6.22. The average Bonchev–Trinajstić information content (AvgIpc) is 3.12. The maximum absolute atomic E-state index is 6.42. The molecule has 4 rings (SSSR count). The Morgan fingerprint density at radius 1 is 0.529 bits per heavy atom. The highest BCUT2D eigenvalue weighted by Gasteiger charge is 2.14. The molecule has 0 saturated heterocycles. The lowest BCUT2D eigenvalue weighted by atomic mass is 9.97. The lowest BCUT2D eigenvalue weighted by Gasteiger charge is -2.25. The SMILES string of the molecule is C#Cc1cc(OCCC(C)CCCC(C)C)c(C#Cc2ccc(N(c3ccccc3)c3ccccc3)cc2)cc1OCCC(C)CCCC(C)C. The van der Waals surface area contributed by atoms with E-state index in [2.05, 4.69) is 137 Å². The minimum atomic E-state index is 0.598. The van der Waals surface area contributed by atoms with Crippen LogP contribution < -0.4 is 14.4 Å². The van der Waals surface area contributed by atoms with Crippen molar-refractivity contribution in [1.29, 1.82) is 0 Å². The van der Waals surface area contributed by atoms with Crippen LogP contribution in [-0.4, -0.2) is 13.2 Å². The second kappa shape index (κ2) is 20.9. The molecule has 0 aliphatic rings. The number of para-hydroxylation sites is 2. The van der Waals surface area contributed by atoms with Gasteiger partial charge in [0.25, 0.3) is 0 Å². The van der Waals surface area contributed by atoms with Crippen LogP contribution in [-0.2, 0) is 0 Å². The molecule has 0 aliphatic heterocycles. The van der Waals surface area contributed by atoms with Gasteiger partial charge in [-0.15, -0.1) is 6.42 Å². The normalized spacial score (nSPS) is 12.1. The van der Waals surface area contributed by atoms with Crippen molar-refractivity contribution in [2.24, 2.45) is 23.7 Å². The van der Waals surface area contributed by atoms with Crippen LogP contribution >= 0.6 is 0 Å². The van der Waals surface area contributed by atoms with E-state index < -0.39 is 0 Å². The summed E-state index contributed by atoms with van der Waals surface area (Å²) in [6.07, 6.45) is 15.5. The van der Waals surface area contributed by atoms with Crippen LogP contribution in [0, 0.1) is 47.9 Å². The van der Waals surface area contributed by atoms with E-state index in [1.54, 1.807) is 0 Å². The van der Waals surface area contributed by atoms with Gasteiger partial charge >= 0.3 is 0 Å². The molecule has 0 N–H and O–H groups in total. The highest BCUT2D eigenvalue weighted by molar-refractivity contribution is 5.76. The van der Waals surface area contributed by atoms with Crippen LogP contribution in [0.15, 0.2) is 97.1 Å². The fraction of sp³-hybridized carbons (Fsp3) is 0.417. The van der Waals surface area contributed by atoms with Crippen molar-refractivity contribution in [1.82, 2.24) is 0 Å². The molecule has 0 spiro atoms. The largest absolute Gasteiger partial charge is 0.492 e. The first-order chi connectivity index (χ1) is 24.7. The lowest BCUT2D eigenvalue weighted by molar-refractivity contribution is 0.268. The minimum absolute atomic E-state index is 0.598. The molecule has 0 aliphatic carbocycles. The monoisotopic (exact) mass is 681 g/mol. The van der Waals surface area contributed by atoms with Crippen molar-refractivity contribution in [2.45, 2.75) is 92.9 Å². The number of hydrogen-bond donors (Lipinski definition) is 0. The van der Waals surface area contributed by atoms with E-state index >= 15 is 0 Å². The Kier molecular flexibility index (Phi) is 16.1. The molecule has 0 heterocycles. The Morgan fingerprint density at radius 2 is 0.980 bits per heavy atom. The fourth-order valence-electron chi connectivity index (χ4n) is 6.22. The third kappa shape index (κ3) is 13.2. The van der Waals surface area contributed by atoms with Crippen LogP contribution in [0.3, 0.4) is 0 Å². The highest BCUT2D eigenvalue weighted by atomic mass is 16.5.